The number of anilines is 2. The fourth-order valence-electron chi connectivity index (χ4n) is 5.54. The van der Waals surface area contributed by atoms with Gasteiger partial charge < -0.3 is 30.6 Å². The number of nitrogens with zero attached hydrogens (tertiary/aromatic N) is 3. The maximum atomic E-state index is 13.2. The van der Waals surface area contributed by atoms with E-state index in [2.05, 4.69) is 34.4 Å². The van der Waals surface area contributed by atoms with Crippen molar-refractivity contribution in [1.29, 1.82) is 0 Å². The van der Waals surface area contributed by atoms with Gasteiger partial charge in [0.05, 0.1) is 12.8 Å². The number of carbonyl (C=O) groups is 2. The third-order valence-corrected chi connectivity index (χ3v) is 8.53. The summed E-state index contributed by atoms with van der Waals surface area (Å²) in [6.45, 7) is 5.67. The summed E-state index contributed by atoms with van der Waals surface area (Å²) in [5.74, 6) is 0.524. The SMILES string of the molecule is COc1cc(-c2csc3c(C=CC(=O)NCC(C)(C)CN(C)C)cnc(N)c23)ccc1NC(=O)c1cc2ccccc2n1C. The number of thiophene rings is 1. The Kier molecular flexibility index (Phi) is 8.75. The number of hydrogen-bond donors (Lipinski definition) is 3. The summed E-state index contributed by atoms with van der Waals surface area (Å²) in [5, 5.41) is 9.82. The number of amides is 2. The van der Waals surface area contributed by atoms with Gasteiger partial charge in [-0.1, -0.05) is 38.1 Å². The van der Waals surface area contributed by atoms with E-state index in [0.29, 0.717) is 29.5 Å². The fraction of sp³-hybridized carbons (Fsp3) is 0.265. The van der Waals surface area contributed by atoms with Crippen LogP contribution >= 0.6 is 11.3 Å². The maximum absolute atomic E-state index is 13.2. The molecule has 2 amide bonds. The molecule has 0 unspecified atom stereocenters. The van der Waals surface area contributed by atoms with Crippen LogP contribution in [0.2, 0.25) is 0 Å². The lowest BCUT2D eigenvalue weighted by atomic mass is 9.93. The first-order valence-corrected chi connectivity index (χ1v) is 15.2. The monoisotopic (exact) mass is 610 g/mol. The first-order valence-electron chi connectivity index (χ1n) is 14.3. The van der Waals surface area contributed by atoms with Crippen LogP contribution in [0.1, 0.15) is 29.9 Å². The molecule has 5 rings (SSSR count). The number of fused-ring (bicyclic) bond motifs is 2. The second-order valence-corrected chi connectivity index (χ2v) is 12.8. The Bertz CT molecular complexity index is 1890. The Morgan fingerprint density at radius 1 is 1.16 bits per heavy atom. The first kappa shape index (κ1) is 30.8. The number of nitrogens with one attached hydrogen (secondary N) is 2. The Morgan fingerprint density at radius 2 is 1.93 bits per heavy atom. The van der Waals surface area contributed by atoms with Crippen LogP contribution in [0.3, 0.4) is 0 Å². The third kappa shape index (κ3) is 6.46. The standard InChI is InChI=1S/C34H38N6O3S/c1-34(2,20-39(3)4)19-37-29(41)14-12-23-17-36-32(35)30-24(18-44-31(23)30)21-11-13-25(28(16-21)43-6)38-33(42)27-15-22-9-7-8-10-26(22)40(27)5/h7-18H,19-20H2,1-6H3,(H2,35,36)(H,37,41)(H,38,42). The minimum Gasteiger partial charge on any atom is -0.495 e. The zero-order chi connectivity index (χ0) is 31.6. The summed E-state index contributed by atoms with van der Waals surface area (Å²) in [4.78, 5) is 32.4. The smallest absolute Gasteiger partial charge is 0.272 e. The molecule has 0 aliphatic rings. The molecule has 4 N–H and O–H groups in total. The molecular weight excluding hydrogens is 572 g/mol. The highest BCUT2D eigenvalue weighted by Crippen LogP contribution is 2.41. The lowest BCUT2D eigenvalue weighted by molar-refractivity contribution is -0.116. The average molecular weight is 611 g/mol. The van der Waals surface area contributed by atoms with Gasteiger partial charge in [0.1, 0.15) is 17.3 Å². The number of carbonyl (C=O) groups excluding carboxylic acids is 2. The van der Waals surface area contributed by atoms with Crippen LogP contribution in [0.25, 0.3) is 38.2 Å². The van der Waals surface area contributed by atoms with Gasteiger partial charge in [-0.25, -0.2) is 4.98 Å². The molecule has 9 nitrogen and oxygen atoms in total. The summed E-state index contributed by atoms with van der Waals surface area (Å²) >= 11 is 1.53. The van der Waals surface area contributed by atoms with E-state index in [1.165, 1.54) is 17.4 Å². The van der Waals surface area contributed by atoms with Gasteiger partial charge in [-0.3, -0.25) is 9.59 Å². The fourth-order valence-corrected chi connectivity index (χ4v) is 6.61. The van der Waals surface area contributed by atoms with Gasteiger partial charge in [0.15, 0.2) is 0 Å². The quantitative estimate of drug-likeness (QED) is 0.167. The lowest BCUT2D eigenvalue weighted by Crippen LogP contribution is -2.39. The number of nitrogen functional groups attached to an aromatic ring is 1. The van der Waals surface area contributed by atoms with Crippen molar-refractivity contribution in [2.24, 2.45) is 12.5 Å². The Morgan fingerprint density at radius 3 is 2.66 bits per heavy atom. The summed E-state index contributed by atoms with van der Waals surface area (Å²) < 4.78 is 8.49. The lowest BCUT2D eigenvalue weighted by Gasteiger charge is -2.28. The summed E-state index contributed by atoms with van der Waals surface area (Å²) in [6.07, 6.45) is 4.99. The molecule has 5 aromatic rings. The molecule has 0 saturated carbocycles. The van der Waals surface area contributed by atoms with E-state index in [-0.39, 0.29) is 17.2 Å². The zero-order valence-electron chi connectivity index (χ0n) is 25.9. The van der Waals surface area contributed by atoms with Crippen molar-refractivity contribution < 1.29 is 14.3 Å². The Labute approximate surface area is 261 Å². The van der Waals surface area contributed by atoms with Gasteiger partial charge in [-0.2, -0.15) is 0 Å². The molecular formula is C34H38N6O3S. The Hall–Kier alpha value is -4.67. The van der Waals surface area contributed by atoms with Crippen LogP contribution in [0, 0.1) is 5.41 Å². The molecule has 2 aromatic carbocycles. The van der Waals surface area contributed by atoms with Crippen molar-refractivity contribution >= 4 is 61.7 Å². The number of ether oxygens (including phenoxy) is 1. The van der Waals surface area contributed by atoms with Crippen molar-refractivity contribution in [2.75, 3.05) is 45.3 Å². The molecule has 44 heavy (non-hydrogen) atoms. The van der Waals surface area contributed by atoms with Crippen LogP contribution in [0.4, 0.5) is 11.5 Å². The van der Waals surface area contributed by atoms with E-state index < -0.39 is 0 Å². The number of benzene rings is 2. The molecule has 3 aromatic heterocycles. The topological polar surface area (TPSA) is 115 Å². The van der Waals surface area contributed by atoms with Crippen LogP contribution in [-0.4, -0.2) is 60.6 Å². The summed E-state index contributed by atoms with van der Waals surface area (Å²) in [6, 6.07) is 15.4. The van der Waals surface area contributed by atoms with E-state index in [9.17, 15) is 9.59 Å². The van der Waals surface area contributed by atoms with Crippen molar-refractivity contribution in [2.45, 2.75) is 13.8 Å². The molecule has 0 saturated heterocycles. The number of nitrogens with two attached hydrogens (primary N) is 1. The van der Waals surface area contributed by atoms with Gasteiger partial charge in [0.25, 0.3) is 5.91 Å². The van der Waals surface area contributed by atoms with Gasteiger partial charge in [0, 0.05) is 64.5 Å². The highest BCUT2D eigenvalue weighted by atomic mass is 32.1. The van der Waals surface area contributed by atoms with Crippen LogP contribution in [-0.2, 0) is 11.8 Å². The zero-order valence-corrected chi connectivity index (χ0v) is 26.7. The molecule has 0 spiro atoms. The minimum absolute atomic E-state index is 0.0545. The highest BCUT2D eigenvalue weighted by Gasteiger charge is 2.20. The van der Waals surface area contributed by atoms with Crippen LogP contribution < -0.4 is 21.1 Å². The normalized spacial score (nSPS) is 12.0. The second kappa shape index (κ2) is 12.5. The molecule has 0 radical (unpaired) electrons. The summed E-state index contributed by atoms with van der Waals surface area (Å²) in [5.41, 5.74) is 11.0. The molecule has 3 heterocycles. The second-order valence-electron chi connectivity index (χ2n) is 11.9. The number of pyridine rings is 1. The number of aromatic nitrogens is 2. The van der Waals surface area contributed by atoms with Crippen molar-refractivity contribution in [3.63, 3.8) is 0 Å². The third-order valence-electron chi connectivity index (χ3n) is 7.50. The van der Waals surface area contributed by atoms with Gasteiger partial charge >= 0.3 is 0 Å². The van der Waals surface area contributed by atoms with E-state index >= 15 is 0 Å². The first-order chi connectivity index (χ1) is 21.0. The predicted octanol–water partition coefficient (Wildman–Crippen LogP) is 6.02. The van der Waals surface area contributed by atoms with Crippen molar-refractivity contribution in [3.05, 3.63) is 77.4 Å². The molecule has 0 atom stereocenters. The van der Waals surface area contributed by atoms with Crippen LogP contribution in [0.15, 0.2) is 66.2 Å². The number of para-hydroxylation sites is 1. The molecule has 0 aliphatic carbocycles. The predicted molar refractivity (Wildman–Crippen MR) is 181 cm³/mol. The number of aryl methyl sites for hydroxylation is 1. The Balaban J connectivity index is 1.38. The molecule has 228 valence electrons. The number of methoxy groups -OCH3 is 1. The van der Waals surface area contributed by atoms with E-state index in [1.807, 2.05) is 79.6 Å². The van der Waals surface area contributed by atoms with E-state index in [4.69, 9.17) is 10.5 Å². The largest absolute Gasteiger partial charge is 0.495 e. The average Bonchev–Trinajstić information content (AvgIpc) is 3.58. The number of rotatable bonds is 10. The minimum atomic E-state index is -0.231. The molecule has 0 aliphatic heterocycles. The molecule has 10 heteroatoms. The number of hydrogen-bond acceptors (Lipinski definition) is 7. The van der Waals surface area contributed by atoms with E-state index in [0.717, 1.165) is 44.2 Å². The summed E-state index contributed by atoms with van der Waals surface area (Å²) in [7, 11) is 7.49. The maximum Gasteiger partial charge on any atom is 0.272 e. The molecule has 0 fully saturated rings. The highest BCUT2D eigenvalue weighted by molar-refractivity contribution is 7.18. The molecule has 0 bridgehead atoms. The van der Waals surface area contributed by atoms with Crippen molar-refractivity contribution in [3.8, 4) is 16.9 Å². The van der Waals surface area contributed by atoms with Gasteiger partial charge in [-0.05, 0) is 60.8 Å². The van der Waals surface area contributed by atoms with Gasteiger partial charge in [-0.15, -0.1) is 11.3 Å². The van der Waals surface area contributed by atoms with Crippen LogP contribution in [0.5, 0.6) is 5.75 Å². The van der Waals surface area contributed by atoms with Gasteiger partial charge in [0.2, 0.25) is 5.91 Å². The van der Waals surface area contributed by atoms with Crippen molar-refractivity contribution in [1.82, 2.24) is 19.8 Å². The van der Waals surface area contributed by atoms with E-state index in [1.54, 1.807) is 19.4 Å².